The maximum absolute atomic E-state index is 13.5. The normalized spacial score (nSPS) is 13.0. The third kappa shape index (κ3) is 2.40. The summed E-state index contributed by atoms with van der Waals surface area (Å²) in [6, 6.07) is 4.61. The molecule has 0 bridgehead atoms. The average molecular weight is 261 g/mol. The number of H-pyrrole nitrogens is 1. The molecule has 0 fully saturated rings. The van der Waals surface area contributed by atoms with Gasteiger partial charge in [0.1, 0.15) is 17.2 Å². The third-order valence-electron chi connectivity index (χ3n) is 2.71. The zero-order chi connectivity index (χ0) is 14.0. The van der Waals surface area contributed by atoms with Gasteiger partial charge in [-0.3, -0.25) is 5.10 Å². The van der Waals surface area contributed by atoms with Crippen molar-refractivity contribution in [2.24, 2.45) is 5.73 Å². The lowest BCUT2D eigenvalue weighted by molar-refractivity contribution is 0.636. The standard InChI is InChI=1S/C14H13F2N3/c1-3-10(15)12(17)7-8(2)13-9-5-4-6-11(16)14(9)19-18-13/h3-7H,2,17H2,1H3,(H,18,19)/b10-3+,12-7+. The van der Waals surface area contributed by atoms with Crippen LogP contribution in [0, 0.1) is 5.82 Å². The molecule has 2 rings (SSSR count). The molecule has 0 atom stereocenters. The van der Waals surface area contributed by atoms with E-state index < -0.39 is 11.6 Å². The van der Waals surface area contributed by atoms with E-state index in [0.717, 1.165) is 0 Å². The lowest BCUT2D eigenvalue weighted by Gasteiger charge is -2.00. The van der Waals surface area contributed by atoms with Crippen LogP contribution in [0.2, 0.25) is 0 Å². The molecule has 98 valence electrons. The fourth-order valence-electron chi connectivity index (χ4n) is 1.74. The molecule has 0 saturated heterocycles. The van der Waals surface area contributed by atoms with Crippen molar-refractivity contribution in [3.63, 3.8) is 0 Å². The first kappa shape index (κ1) is 13.0. The Morgan fingerprint density at radius 1 is 1.47 bits per heavy atom. The molecule has 0 unspecified atom stereocenters. The summed E-state index contributed by atoms with van der Waals surface area (Å²) < 4.78 is 26.7. The number of allylic oxidation sites excluding steroid dienone is 4. The topological polar surface area (TPSA) is 54.7 Å². The molecule has 3 nitrogen and oxygen atoms in total. The van der Waals surface area contributed by atoms with Gasteiger partial charge in [-0.2, -0.15) is 5.10 Å². The van der Waals surface area contributed by atoms with E-state index in [4.69, 9.17) is 5.73 Å². The Morgan fingerprint density at radius 3 is 2.89 bits per heavy atom. The van der Waals surface area contributed by atoms with Gasteiger partial charge in [-0.1, -0.05) is 18.7 Å². The van der Waals surface area contributed by atoms with Crippen LogP contribution in [0.3, 0.4) is 0 Å². The van der Waals surface area contributed by atoms with Gasteiger partial charge in [-0.15, -0.1) is 0 Å². The number of aromatic nitrogens is 2. The van der Waals surface area contributed by atoms with E-state index in [0.29, 0.717) is 16.7 Å². The first-order chi connectivity index (χ1) is 9.04. The molecule has 5 heteroatoms. The van der Waals surface area contributed by atoms with Crippen molar-refractivity contribution < 1.29 is 8.78 Å². The number of halogens is 2. The van der Waals surface area contributed by atoms with Gasteiger partial charge < -0.3 is 5.73 Å². The van der Waals surface area contributed by atoms with Gasteiger partial charge in [0.2, 0.25) is 0 Å². The van der Waals surface area contributed by atoms with E-state index in [1.165, 1.54) is 25.1 Å². The van der Waals surface area contributed by atoms with Crippen molar-refractivity contribution in [2.45, 2.75) is 6.92 Å². The Hall–Kier alpha value is -2.43. The van der Waals surface area contributed by atoms with E-state index in [9.17, 15) is 8.78 Å². The zero-order valence-corrected chi connectivity index (χ0v) is 10.4. The predicted molar refractivity (Wildman–Crippen MR) is 72.2 cm³/mol. The minimum Gasteiger partial charge on any atom is -0.396 e. The second kappa shape index (κ2) is 5.06. The Labute approximate surface area is 109 Å². The number of aromatic amines is 1. The SMILES string of the molecule is C=C(/C=C(N)\C(F)=C/C)c1n[nH]c2c(F)cccc12. The minimum absolute atomic E-state index is 0.0416. The van der Waals surface area contributed by atoms with E-state index in [-0.39, 0.29) is 11.2 Å². The summed E-state index contributed by atoms with van der Waals surface area (Å²) in [5.41, 5.74) is 6.66. The molecule has 0 aliphatic heterocycles. The maximum Gasteiger partial charge on any atom is 0.148 e. The highest BCUT2D eigenvalue weighted by molar-refractivity contribution is 5.92. The number of nitrogens with two attached hydrogens (primary N) is 1. The van der Waals surface area contributed by atoms with E-state index in [1.807, 2.05) is 0 Å². The quantitative estimate of drug-likeness (QED) is 0.832. The summed E-state index contributed by atoms with van der Waals surface area (Å²) in [4.78, 5) is 0. The van der Waals surface area contributed by atoms with Gasteiger partial charge in [-0.05, 0) is 30.7 Å². The van der Waals surface area contributed by atoms with Crippen molar-refractivity contribution in [3.05, 3.63) is 60.0 Å². The van der Waals surface area contributed by atoms with Crippen molar-refractivity contribution in [2.75, 3.05) is 0 Å². The summed E-state index contributed by atoms with van der Waals surface area (Å²) in [6.45, 7) is 5.32. The third-order valence-corrected chi connectivity index (χ3v) is 2.71. The van der Waals surface area contributed by atoms with Crippen molar-refractivity contribution >= 4 is 16.5 Å². The molecule has 2 aromatic rings. The predicted octanol–water partition coefficient (Wildman–Crippen LogP) is 3.43. The molecule has 0 aliphatic carbocycles. The number of hydrogen-bond donors (Lipinski definition) is 2. The molecule has 1 heterocycles. The summed E-state index contributed by atoms with van der Waals surface area (Å²) in [5.74, 6) is -0.937. The van der Waals surface area contributed by atoms with Crippen LogP contribution < -0.4 is 5.73 Å². The smallest absolute Gasteiger partial charge is 0.148 e. The van der Waals surface area contributed by atoms with Crippen LogP contribution in [0.5, 0.6) is 0 Å². The van der Waals surface area contributed by atoms with Crippen LogP contribution in [-0.4, -0.2) is 10.2 Å². The first-order valence-corrected chi connectivity index (χ1v) is 5.65. The lowest BCUT2D eigenvalue weighted by atomic mass is 10.1. The van der Waals surface area contributed by atoms with Gasteiger partial charge in [-0.25, -0.2) is 8.78 Å². The van der Waals surface area contributed by atoms with Crippen LogP contribution in [0.4, 0.5) is 8.78 Å². The van der Waals surface area contributed by atoms with Crippen LogP contribution in [-0.2, 0) is 0 Å². The lowest BCUT2D eigenvalue weighted by Crippen LogP contribution is -1.98. The van der Waals surface area contributed by atoms with E-state index in [2.05, 4.69) is 16.8 Å². The number of rotatable bonds is 3. The largest absolute Gasteiger partial charge is 0.396 e. The molecule has 1 aromatic carbocycles. The van der Waals surface area contributed by atoms with E-state index >= 15 is 0 Å². The molecule has 0 saturated carbocycles. The Balaban J connectivity index is 2.46. The highest BCUT2D eigenvalue weighted by Crippen LogP contribution is 2.25. The summed E-state index contributed by atoms with van der Waals surface area (Å²) in [5, 5.41) is 7.16. The van der Waals surface area contributed by atoms with Crippen LogP contribution in [0.15, 0.2) is 48.5 Å². The molecule has 0 amide bonds. The van der Waals surface area contributed by atoms with Gasteiger partial charge in [0.05, 0.1) is 11.4 Å². The maximum atomic E-state index is 13.5. The number of fused-ring (bicyclic) bond motifs is 1. The number of nitrogens with one attached hydrogen (secondary N) is 1. The van der Waals surface area contributed by atoms with Gasteiger partial charge in [0, 0.05) is 5.39 Å². The fraction of sp³-hybridized carbons (Fsp3) is 0.0714. The molecule has 19 heavy (non-hydrogen) atoms. The average Bonchev–Trinajstić information content (AvgIpc) is 2.83. The monoisotopic (exact) mass is 261 g/mol. The second-order valence-corrected chi connectivity index (χ2v) is 4.00. The zero-order valence-electron chi connectivity index (χ0n) is 10.4. The first-order valence-electron chi connectivity index (χ1n) is 5.65. The number of para-hydroxylation sites is 1. The van der Waals surface area contributed by atoms with Crippen molar-refractivity contribution in [1.82, 2.24) is 10.2 Å². The Bertz CT molecular complexity index is 696. The van der Waals surface area contributed by atoms with Gasteiger partial charge in [0.15, 0.2) is 0 Å². The molecular formula is C14H13F2N3. The minimum atomic E-state index is -0.535. The summed E-state index contributed by atoms with van der Waals surface area (Å²) >= 11 is 0. The van der Waals surface area contributed by atoms with Crippen LogP contribution in [0.1, 0.15) is 12.6 Å². The van der Waals surface area contributed by atoms with Crippen molar-refractivity contribution in [1.29, 1.82) is 0 Å². The highest BCUT2D eigenvalue weighted by atomic mass is 19.1. The summed E-state index contributed by atoms with van der Waals surface area (Å²) in [6.07, 6.45) is 2.62. The van der Waals surface area contributed by atoms with Gasteiger partial charge >= 0.3 is 0 Å². The molecule has 1 aromatic heterocycles. The molecule has 0 spiro atoms. The molecule has 0 aliphatic rings. The van der Waals surface area contributed by atoms with Crippen LogP contribution >= 0.6 is 0 Å². The number of hydrogen-bond acceptors (Lipinski definition) is 2. The molecule has 0 radical (unpaired) electrons. The summed E-state index contributed by atoms with van der Waals surface area (Å²) in [7, 11) is 0. The highest BCUT2D eigenvalue weighted by Gasteiger charge is 2.11. The van der Waals surface area contributed by atoms with Gasteiger partial charge in [0.25, 0.3) is 0 Å². The molecular weight excluding hydrogens is 248 g/mol. The Morgan fingerprint density at radius 2 is 2.21 bits per heavy atom. The number of benzene rings is 1. The van der Waals surface area contributed by atoms with Crippen molar-refractivity contribution in [3.8, 4) is 0 Å². The van der Waals surface area contributed by atoms with E-state index in [1.54, 1.807) is 12.1 Å². The number of nitrogens with zero attached hydrogens (tertiary/aromatic N) is 1. The second-order valence-electron chi connectivity index (χ2n) is 4.00. The van der Waals surface area contributed by atoms with Crippen LogP contribution in [0.25, 0.3) is 16.5 Å². The fourth-order valence-corrected chi connectivity index (χ4v) is 1.74. The molecule has 3 N–H and O–H groups in total. The Kier molecular flexibility index (Phi) is 3.46.